The molecular weight excluding hydrogens is 337 g/mol. The summed E-state index contributed by atoms with van der Waals surface area (Å²) in [7, 11) is 1.86. The summed E-state index contributed by atoms with van der Waals surface area (Å²) < 4.78 is 28.4. The third-order valence-corrected chi connectivity index (χ3v) is 3.64. The van der Waals surface area contributed by atoms with Crippen molar-refractivity contribution in [3.63, 3.8) is 0 Å². The second-order valence-electron chi connectivity index (χ2n) is 5.42. The molecule has 0 atom stereocenters. The molecule has 6 nitrogen and oxygen atoms in total. The van der Waals surface area contributed by atoms with E-state index in [0.717, 1.165) is 16.8 Å². The highest BCUT2D eigenvalue weighted by Crippen LogP contribution is 2.27. The molecule has 0 aliphatic carbocycles. The van der Waals surface area contributed by atoms with Crippen LogP contribution in [0.1, 0.15) is 0 Å². The van der Waals surface area contributed by atoms with E-state index in [1.165, 1.54) is 0 Å². The first-order valence-electron chi connectivity index (χ1n) is 8.29. The van der Waals surface area contributed by atoms with Gasteiger partial charge in [0.2, 0.25) is 11.8 Å². The second kappa shape index (κ2) is 8.96. The Morgan fingerprint density at radius 2 is 1.73 bits per heavy atom. The number of anilines is 1. The van der Waals surface area contributed by atoms with Gasteiger partial charge in [-0.05, 0) is 42.5 Å². The SMILES string of the molecule is CNc1ccc(-c2nnc(-c3cccc(OCCOCCF)c3)o2)cc1. The molecule has 136 valence electrons. The molecule has 7 heteroatoms. The first-order valence-corrected chi connectivity index (χ1v) is 8.29. The minimum absolute atomic E-state index is 0.0868. The van der Waals surface area contributed by atoms with Gasteiger partial charge < -0.3 is 19.2 Å². The van der Waals surface area contributed by atoms with Gasteiger partial charge in [0.1, 0.15) is 19.0 Å². The summed E-state index contributed by atoms with van der Waals surface area (Å²) in [5.41, 5.74) is 2.62. The topological polar surface area (TPSA) is 69.4 Å². The zero-order valence-electron chi connectivity index (χ0n) is 14.4. The number of nitrogens with zero attached hydrogens (tertiary/aromatic N) is 2. The minimum Gasteiger partial charge on any atom is -0.491 e. The Balaban J connectivity index is 1.67. The maximum absolute atomic E-state index is 12.0. The summed E-state index contributed by atoms with van der Waals surface area (Å²) in [5.74, 6) is 1.52. The molecule has 1 N–H and O–H groups in total. The average Bonchev–Trinajstić information content (AvgIpc) is 3.18. The zero-order valence-corrected chi connectivity index (χ0v) is 14.4. The van der Waals surface area contributed by atoms with Crippen molar-refractivity contribution >= 4 is 5.69 Å². The summed E-state index contributed by atoms with van der Waals surface area (Å²) >= 11 is 0. The number of rotatable bonds is 9. The van der Waals surface area contributed by atoms with E-state index in [9.17, 15) is 4.39 Å². The first kappa shape index (κ1) is 17.9. The van der Waals surface area contributed by atoms with Gasteiger partial charge in [-0.3, -0.25) is 0 Å². The standard InChI is InChI=1S/C19H20FN3O3/c1-21-16-7-5-14(6-8-16)18-22-23-19(26-18)15-3-2-4-17(13-15)25-12-11-24-10-9-20/h2-8,13,21H,9-12H2,1H3. The smallest absolute Gasteiger partial charge is 0.248 e. The lowest BCUT2D eigenvalue weighted by atomic mass is 10.2. The van der Waals surface area contributed by atoms with Crippen LogP contribution < -0.4 is 10.1 Å². The number of alkyl halides is 1. The minimum atomic E-state index is -0.493. The molecule has 0 spiro atoms. The van der Waals surface area contributed by atoms with Crippen LogP contribution in [-0.2, 0) is 4.74 Å². The molecule has 2 aromatic carbocycles. The predicted molar refractivity (Wildman–Crippen MR) is 97.0 cm³/mol. The lowest BCUT2D eigenvalue weighted by Crippen LogP contribution is -2.08. The molecular formula is C19H20FN3O3. The van der Waals surface area contributed by atoms with Crippen LogP contribution in [0.25, 0.3) is 22.9 Å². The van der Waals surface area contributed by atoms with Crippen molar-refractivity contribution in [1.82, 2.24) is 10.2 Å². The number of nitrogens with one attached hydrogen (secondary N) is 1. The molecule has 0 aliphatic rings. The highest BCUT2D eigenvalue weighted by atomic mass is 19.1. The van der Waals surface area contributed by atoms with Crippen molar-refractivity contribution in [2.24, 2.45) is 0 Å². The summed E-state index contributed by atoms with van der Waals surface area (Å²) in [6.45, 7) is 0.272. The largest absolute Gasteiger partial charge is 0.491 e. The normalized spacial score (nSPS) is 10.7. The van der Waals surface area contributed by atoms with Gasteiger partial charge in [0.25, 0.3) is 0 Å². The maximum atomic E-state index is 12.0. The average molecular weight is 357 g/mol. The number of hydrogen-bond acceptors (Lipinski definition) is 6. The molecule has 1 aromatic heterocycles. The lowest BCUT2D eigenvalue weighted by molar-refractivity contribution is 0.0897. The molecule has 1 heterocycles. The number of aromatic nitrogens is 2. The van der Waals surface area contributed by atoms with Gasteiger partial charge in [-0.25, -0.2) is 4.39 Å². The molecule has 0 fully saturated rings. The van der Waals surface area contributed by atoms with Crippen LogP contribution in [0.3, 0.4) is 0 Å². The quantitative estimate of drug-likeness (QED) is 0.587. The Morgan fingerprint density at radius 3 is 2.46 bits per heavy atom. The molecule has 3 aromatic rings. The van der Waals surface area contributed by atoms with Crippen LogP contribution in [-0.4, -0.2) is 43.7 Å². The fourth-order valence-electron chi connectivity index (χ4n) is 2.33. The second-order valence-corrected chi connectivity index (χ2v) is 5.42. The van der Waals surface area contributed by atoms with E-state index in [0.29, 0.717) is 30.7 Å². The first-order chi connectivity index (χ1) is 12.8. The van der Waals surface area contributed by atoms with E-state index >= 15 is 0 Å². The van der Waals surface area contributed by atoms with Crippen LogP contribution in [0, 0.1) is 0 Å². The van der Waals surface area contributed by atoms with Gasteiger partial charge in [0.15, 0.2) is 0 Å². The van der Waals surface area contributed by atoms with Crippen molar-refractivity contribution in [3.8, 4) is 28.7 Å². The van der Waals surface area contributed by atoms with Crippen molar-refractivity contribution in [2.75, 3.05) is 38.9 Å². The van der Waals surface area contributed by atoms with E-state index in [1.54, 1.807) is 0 Å². The van der Waals surface area contributed by atoms with E-state index in [-0.39, 0.29) is 6.61 Å². The van der Waals surface area contributed by atoms with Gasteiger partial charge >= 0.3 is 0 Å². The van der Waals surface area contributed by atoms with Gasteiger partial charge in [0.05, 0.1) is 13.2 Å². The van der Waals surface area contributed by atoms with Crippen LogP contribution in [0.4, 0.5) is 10.1 Å². The fraction of sp³-hybridized carbons (Fsp3) is 0.263. The molecule has 0 radical (unpaired) electrons. The van der Waals surface area contributed by atoms with Crippen molar-refractivity contribution in [1.29, 1.82) is 0 Å². The van der Waals surface area contributed by atoms with Crippen molar-refractivity contribution in [2.45, 2.75) is 0 Å². The number of benzene rings is 2. The lowest BCUT2D eigenvalue weighted by Gasteiger charge is -2.07. The molecule has 0 amide bonds. The monoisotopic (exact) mass is 357 g/mol. The van der Waals surface area contributed by atoms with Crippen LogP contribution in [0.15, 0.2) is 52.9 Å². The highest BCUT2D eigenvalue weighted by molar-refractivity contribution is 5.61. The van der Waals surface area contributed by atoms with E-state index in [1.807, 2.05) is 55.6 Å². The van der Waals surface area contributed by atoms with E-state index in [4.69, 9.17) is 13.9 Å². The Labute approximate surface area is 151 Å². The summed E-state index contributed by atoms with van der Waals surface area (Å²) in [4.78, 5) is 0. The van der Waals surface area contributed by atoms with E-state index < -0.39 is 6.67 Å². The molecule has 0 saturated heterocycles. The molecule has 0 unspecified atom stereocenters. The van der Waals surface area contributed by atoms with Crippen molar-refractivity contribution < 1.29 is 18.3 Å². The number of hydrogen-bond donors (Lipinski definition) is 1. The summed E-state index contributed by atoms with van der Waals surface area (Å²) in [5, 5.41) is 11.3. The Bertz CT molecular complexity index is 821. The zero-order chi connectivity index (χ0) is 18.2. The van der Waals surface area contributed by atoms with Gasteiger partial charge in [-0.1, -0.05) is 6.07 Å². The maximum Gasteiger partial charge on any atom is 0.248 e. The third kappa shape index (κ3) is 4.58. The third-order valence-electron chi connectivity index (χ3n) is 3.64. The van der Waals surface area contributed by atoms with Crippen LogP contribution in [0.2, 0.25) is 0 Å². The van der Waals surface area contributed by atoms with Gasteiger partial charge in [-0.15, -0.1) is 10.2 Å². The number of ether oxygens (including phenoxy) is 2. The van der Waals surface area contributed by atoms with Crippen LogP contribution in [0.5, 0.6) is 5.75 Å². The predicted octanol–water partition coefficient (Wildman–Crippen LogP) is 3.81. The van der Waals surface area contributed by atoms with Gasteiger partial charge in [-0.2, -0.15) is 0 Å². The fourth-order valence-corrected chi connectivity index (χ4v) is 2.33. The molecule has 0 saturated carbocycles. The van der Waals surface area contributed by atoms with Crippen molar-refractivity contribution in [3.05, 3.63) is 48.5 Å². The Kier molecular flexibility index (Phi) is 6.16. The summed E-state index contributed by atoms with van der Waals surface area (Å²) in [6.07, 6.45) is 0. The Hall–Kier alpha value is -2.93. The molecule has 3 rings (SSSR count). The molecule has 26 heavy (non-hydrogen) atoms. The molecule has 0 aliphatic heterocycles. The highest BCUT2D eigenvalue weighted by Gasteiger charge is 2.11. The van der Waals surface area contributed by atoms with Crippen LogP contribution >= 0.6 is 0 Å². The Morgan fingerprint density at radius 1 is 0.962 bits per heavy atom. The number of halogens is 1. The molecule has 0 bridgehead atoms. The van der Waals surface area contributed by atoms with Gasteiger partial charge in [0, 0.05) is 23.9 Å². The summed E-state index contributed by atoms with van der Waals surface area (Å²) in [6, 6.07) is 15.1. The van der Waals surface area contributed by atoms with E-state index in [2.05, 4.69) is 15.5 Å².